The number of nitrogens with one attached hydrogen (secondary N) is 3. The summed E-state index contributed by atoms with van der Waals surface area (Å²) in [4.78, 5) is 50.4. The molecule has 0 aliphatic carbocycles. The van der Waals surface area contributed by atoms with E-state index in [9.17, 15) is 39.6 Å². The Kier molecular flexibility index (Phi) is 12.5. The van der Waals surface area contributed by atoms with Gasteiger partial charge in [0.05, 0.1) is 12.6 Å². The normalized spacial score (nSPS) is 13.9. The molecule has 4 unspecified atom stereocenters. The van der Waals surface area contributed by atoms with Crippen LogP contribution in [0.3, 0.4) is 0 Å². The summed E-state index contributed by atoms with van der Waals surface area (Å²) in [5.41, 5.74) is 6.92. The molecule has 0 fully saturated rings. The van der Waals surface area contributed by atoms with Crippen molar-refractivity contribution in [3.05, 3.63) is 59.7 Å². The third-order valence-corrected chi connectivity index (χ3v) is 6.43. The number of nitrogens with two attached hydrogens (primary N) is 1. The zero-order valence-corrected chi connectivity index (χ0v) is 22.2. The molecule has 2 aromatic rings. The number of amides is 3. The number of aliphatic hydroxyl groups is 1. The second kappa shape index (κ2) is 15.6. The number of hydrogen-bond donors (Lipinski definition) is 8. The predicted octanol–water partition coefficient (Wildman–Crippen LogP) is -0.505. The van der Waals surface area contributed by atoms with E-state index in [2.05, 4.69) is 16.0 Å². The van der Waals surface area contributed by atoms with Gasteiger partial charge in [-0.05, 0) is 53.8 Å². The molecule has 3 amide bonds. The molecular formula is C26H34N4O8S. The Balaban J connectivity index is 2.20. The summed E-state index contributed by atoms with van der Waals surface area (Å²) in [6, 6.07) is 6.72. The van der Waals surface area contributed by atoms with Gasteiger partial charge in [-0.15, -0.1) is 0 Å². The molecule has 0 spiro atoms. The van der Waals surface area contributed by atoms with Crippen molar-refractivity contribution in [3.63, 3.8) is 0 Å². The molecule has 0 saturated carbocycles. The monoisotopic (exact) mass is 562 g/mol. The van der Waals surface area contributed by atoms with Crippen LogP contribution in [0.1, 0.15) is 17.5 Å². The van der Waals surface area contributed by atoms with Gasteiger partial charge in [0.25, 0.3) is 0 Å². The number of carbonyl (C=O) groups excluding carboxylic acids is 3. The number of aliphatic hydroxyl groups excluding tert-OH is 1. The minimum Gasteiger partial charge on any atom is -0.508 e. The molecule has 0 bridgehead atoms. The van der Waals surface area contributed by atoms with Crippen LogP contribution in [-0.4, -0.2) is 86.9 Å². The standard InChI is InChI=1S/C26H34N4O8S/c1-39-11-10-19(27)23(34)30-22(14-31)25(36)28-20(12-15-2-6-17(32)7-3-15)24(35)29-21(26(37)38)13-16-4-8-18(33)9-5-16/h2-9,19-22,31-33H,10-14,27H2,1H3,(H,28,36)(H,29,35)(H,30,34)(H,37,38). The molecule has 2 aromatic carbocycles. The van der Waals surface area contributed by atoms with Crippen molar-refractivity contribution >= 4 is 35.5 Å². The van der Waals surface area contributed by atoms with E-state index in [0.717, 1.165) is 0 Å². The van der Waals surface area contributed by atoms with Crippen molar-refractivity contribution in [1.82, 2.24) is 16.0 Å². The quantitative estimate of drug-likeness (QED) is 0.139. The van der Waals surface area contributed by atoms with E-state index in [0.29, 0.717) is 23.3 Å². The van der Waals surface area contributed by atoms with Gasteiger partial charge in [-0.2, -0.15) is 11.8 Å². The van der Waals surface area contributed by atoms with Crippen LogP contribution in [0.25, 0.3) is 0 Å². The first-order valence-corrected chi connectivity index (χ1v) is 13.5. The summed E-state index contributed by atoms with van der Waals surface area (Å²) in [5.74, 6) is -3.03. The van der Waals surface area contributed by atoms with Crippen LogP contribution < -0.4 is 21.7 Å². The number of carboxylic acids is 1. The Hall–Kier alpha value is -3.81. The van der Waals surface area contributed by atoms with Gasteiger partial charge in [-0.25, -0.2) is 4.79 Å². The first-order valence-electron chi connectivity index (χ1n) is 12.1. The second-order valence-electron chi connectivity index (χ2n) is 8.83. The number of phenols is 2. The molecular weight excluding hydrogens is 528 g/mol. The number of aromatic hydroxyl groups is 2. The van der Waals surface area contributed by atoms with Gasteiger partial charge < -0.3 is 42.1 Å². The molecule has 0 radical (unpaired) electrons. The van der Waals surface area contributed by atoms with Crippen LogP contribution in [0.2, 0.25) is 0 Å². The lowest BCUT2D eigenvalue weighted by Gasteiger charge is -2.24. The van der Waals surface area contributed by atoms with Gasteiger partial charge in [-0.1, -0.05) is 24.3 Å². The van der Waals surface area contributed by atoms with E-state index < -0.39 is 54.5 Å². The van der Waals surface area contributed by atoms with Gasteiger partial charge in [0.15, 0.2) is 0 Å². The topological polar surface area (TPSA) is 211 Å². The molecule has 39 heavy (non-hydrogen) atoms. The molecule has 2 rings (SSSR count). The number of aliphatic carboxylic acids is 1. The summed E-state index contributed by atoms with van der Waals surface area (Å²) in [7, 11) is 0. The molecule has 13 heteroatoms. The Bertz CT molecular complexity index is 1110. The smallest absolute Gasteiger partial charge is 0.326 e. The van der Waals surface area contributed by atoms with Gasteiger partial charge in [-0.3, -0.25) is 14.4 Å². The van der Waals surface area contributed by atoms with Crippen molar-refractivity contribution < 1.29 is 39.6 Å². The fourth-order valence-corrected chi connectivity index (χ4v) is 4.03. The van der Waals surface area contributed by atoms with E-state index in [1.54, 1.807) is 0 Å². The van der Waals surface area contributed by atoms with Crippen molar-refractivity contribution in [2.75, 3.05) is 18.6 Å². The van der Waals surface area contributed by atoms with Crippen LogP contribution in [0, 0.1) is 0 Å². The van der Waals surface area contributed by atoms with E-state index in [4.69, 9.17) is 5.73 Å². The van der Waals surface area contributed by atoms with Gasteiger partial charge in [0.2, 0.25) is 17.7 Å². The summed E-state index contributed by atoms with van der Waals surface area (Å²) in [6.07, 6.45) is 2.04. The van der Waals surface area contributed by atoms with E-state index in [1.807, 2.05) is 6.26 Å². The SMILES string of the molecule is CSCCC(N)C(=O)NC(CO)C(=O)NC(Cc1ccc(O)cc1)C(=O)NC(Cc1ccc(O)cc1)C(=O)O. The van der Waals surface area contributed by atoms with E-state index >= 15 is 0 Å². The molecule has 0 saturated heterocycles. The number of phenolic OH excluding ortho intramolecular Hbond substituents is 2. The minimum atomic E-state index is -1.40. The largest absolute Gasteiger partial charge is 0.508 e. The summed E-state index contributed by atoms with van der Waals surface area (Å²) >= 11 is 1.50. The summed E-state index contributed by atoms with van der Waals surface area (Å²) in [6.45, 7) is -0.765. The lowest BCUT2D eigenvalue weighted by Crippen LogP contribution is -2.58. The average Bonchev–Trinajstić information content (AvgIpc) is 2.91. The molecule has 0 aliphatic heterocycles. The zero-order chi connectivity index (χ0) is 28.9. The van der Waals surface area contributed by atoms with E-state index in [-0.39, 0.29) is 24.3 Å². The van der Waals surface area contributed by atoms with Crippen molar-refractivity contribution in [3.8, 4) is 11.5 Å². The van der Waals surface area contributed by atoms with Crippen LogP contribution in [-0.2, 0) is 32.0 Å². The van der Waals surface area contributed by atoms with Crippen molar-refractivity contribution in [2.45, 2.75) is 43.4 Å². The highest BCUT2D eigenvalue weighted by Crippen LogP contribution is 2.14. The van der Waals surface area contributed by atoms with Gasteiger partial charge >= 0.3 is 5.97 Å². The maximum atomic E-state index is 13.2. The highest BCUT2D eigenvalue weighted by Gasteiger charge is 2.30. The molecule has 0 heterocycles. The molecule has 12 nitrogen and oxygen atoms in total. The predicted molar refractivity (Wildman–Crippen MR) is 145 cm³/mol. The highest BCUT2D eigenvalue weighted by atomic mass is 32.2. The summed E-state index contributed by atoms with van der Waals surface area (Å²) < 4.78 is 0. The van der Waals surface area contributed by atoms with Gasteiger partial charge in [0.1, 0.15) is 29.6 Å². The van der Waals surface area contributed by atoms with Crippen LogP contribution in [0.15, 0.2) is 48.5 Å². The maximum absolute atomic E-state index is 13.2. The minimum absolute atomic E-state index is 0.00192. The lowest BCUT2D eigenvalue weighted by atomic mass is 10.0. The maximum Gasteiger partial charge on any atom is 0.326 e. The number of carboxylic acid groups (broad SMARTS) is 1. The number of carbonyl (C=O) groups is 4. The van der Waals surface area contributed by atoms with Crippen LogP contribution >= 0.6 is 11.8 Å². The Morgan fingerprint density at radius 1 is 0.769 bits per heavy atom. The zero-order valence-electron chi connectivity index (χ0n) is 21.4. The molecule has 0 aliphatic rings. The van der Waals surface area contributed by atoms with E-state index in [1.165, 1.54) is 60.3 Å². The fourth-order valence-electron chi connectivity index (χ4n) is 3.54. The number of rotatable bonds is 15. The Morgan fingerprint density at radius 2 is 1.21 bits per heavy atom. The Morgan fingerprint density at radius 3 is 1.67 bits per heavy atom. The lowest BCUT2D eigenvalue weighted by molar-refractivity contribution is -0.142. The van der Waals surface area contributed by atoms with Crippen LogP contribution in [0.5, 0.6) is 11.5 Å². The van der Waals surface area contributed by atoms with Crippen molar-refractivity contribution in [1.29, 1.82) is 0 Å². The van der Waals surface area contributed by atoms with Crippen molar-refractivity contribution in [2.24, 2.45) is 5.73 Å². The molecule has 9 N–H and O–H groups in total. The molecule has 4 atom stereocenters. The summed E-state index contributed by atoms with van der Waals surface area (Å²) in [5, 5.41) is 45.7. The Labute approximate surface area is 230 Å². The second-order valence-corrected chi connectivity index (χ2v) is 9.82. The number of hydrogen-bond acceptors (Lipinski definition) is 9. The highest BCUT2D eigenvalue weighted by molar-refractivity contribution is 7.98. The molecule has 212 valence electrons. The first kappa shape index (κ1) is 31.4. The number of benzene rings is 2. The third kappa shape index (κ3) is 10.5. The average molecular weight is 563 g/mol. The number of thioether (sulfide) groups is 1. The third-order valence-electron chi connectivity index (χ3n) is 5.79. The fraction of sp³-hybridized carbons (Fsp3) is 0.385. The molecule has 0 aromatic heterocycles. The van der Waals surface area contributed by atoms with Crippen LogP contribution in [0.4, 0.5) is 0 Å². The van der Waals surface area contributed by atoms with Gasteiger partial charge in [0, 0.05) is 12.8 Å². The first-order chi connectivity index (χ1) is 18.5.